The summed E-state index contributed by atoms with van der Waals surface area (Å²) >= 11 is 6.32. The van der Waals surface area contributed by atoms with Crippen molar-refractivity contribution >= 4 is 29.1 Å². The first-order chi connectivity index (χ1) is 15.6. The number of carbonyl (C=O) groups is 2. The Labute approximate surface area is 200 Å². The van der Waals surface area contributed by atoms with Crippen molar-refractivity contribution in [3.63, 3.8) is 0 Å². The summed E-state index contributed by atoms with van der Waals surface area (Å²) in [7, 11) is 1.44. The van der Waals surface area contributed by atoms with E-state index in [9.17, 15) is 14.7 Å². The maximum Gasteiger partial charge on any atom is 0.315 e. The van der Waals surface area contributed by atoms with Gasteiger partial charge >= 0.3 is 5.97 Å². The lowest BCUT2D eigenvalue weighted by atomic mass is 9.67. The highest BCUT2D eigenvalue weighted by molar-refractivity contribution is 6.32. The van der Waals surface area contributed by atoms with Gasteiger partial charge in [-0.3, -0.25) is 14.6 Å². The molecule has 1 heterocycles. The monoisotopic (exact) mass is 473 g/mol. The minimum absolute atomic E-state index is 0.0128. The van der Waals surface area contributed by atoms with Crippen LogP contribution in [0.3, 0.4) is 0 Å². The van der Waals surface area contributed by atoms with Gasteiger partial charge in [0.2, 0.25) is 0 Å². The molecule has 1 aliphatic heterocycles. The van der Waals surface area contributed by atoms with E-state index in [2.05, 4.69) is 13.8 Å². The van der Waals surface area contributed by atoms with E-state index in [1.54, 1.807) is 12.1 Å². The number of ketones is 1. The average Bonchev–Trinajstić information content (AvgIpc) is 2.74. The number of phenolic OH excluding ortho intramolecular Hbond substituents is 1. The third kappa shape index (κ3) is 4.68. The summed E-state index contributed by atoms with van der Waals surface area (Å²) in [5, 5.41) is 10.4. The van der Waals surface area contributed by atoms with Crippen LogP contribution in [0.15, 0.2) is 28.4 Å². The van der Waals surface area contributed by atoms with Crippen LogP contribution in [0.4, 0.5) is 0 Å². The number of methoxy groups -OCH3 is 1. The molecular formula is C26H32ClNO5. The Balaban J connectivity index is 1.81. The van der Waals surface area contributed by atoms with Crippen molar-refractivity contribution < 1.29 is 24.2 Å². The van der Waals surface area contributed by atoms with Crippen LogP contribution in [0.1, 0.15) is 77.2 Å². The van der Waals surface area contributed by atoms with Crippen LogP contribution >= 0.6 is 11.6 Å². The van der Waals surface area contributed by atoms with E-state index in [-0.39, 0.29) is 39.8 Å². The second kappa shape index (κ2) is 9.13. The number of carbonyl (C=O) groups excluding carboxylic acids is 2. The van der Waals surface area contributed by atoms with E-state index in [4.69, 9.17) is 26.1 Å². The number of esters is 1. The molecule has 0 aromatic heterocycles. The highest BCUT2D eigenvalue weighted by Gasteiger charge is 2.46. The first-order valence-corrected chi connectivity index (χ1v) is 12.1. The fourth-order valence-electron chi connectivity index (χ4n) is 5.46. The normalized spacial score (nSPS) is 25.4. The number of halogens is 1. The molecule has 1 aromatic carbocycles. The summed E-state index contributed by atoms with van der Waals surface area (Å²) in [6.45, 7) is 5.94. The molecule has 0 amide bonds. The molecule has 7 heteroatoms. The lowest BCUT2D eigenvalue weighted by Gasteiger charge is -2.39. The predicted molar refractivity (Wildman–Crippen MR) is 127 cm³/mol. The minimum Gasteiger partial charge on any atom is -0.503 e. The molecule has 0 spiro atoms. The van der Waals surface area contributed by atoms with Crippen molar-refractivity contribution in [1.82, 2.24) is 0 Å². The highest BCUT2D eigenvalue weighted by atomic mass is 35.5. The van der Waals surface area contributed by atoms with Gasteiger partial charge in [-0.15, -0.1) is 0 Å². The van der Waals surface area contributed by atoms with Crippen LogP contribution < -0.4 is 4.74 Å². The lowest BCUT2D eigenvalue weighted by Crippen LogP contribution is -2.40. The number of hydrogen-bond acceptors (Lipinski definition) is 6. The Hall–Kier alpha value is -2.34. The van der Waals surface area contributed by atoms with Gasteiger partial charge in [0.05, 0.1) is 12.1 Å². The van der Waals surface area contributed by atoms with E-state index < -0.39 is 11.8 Å². The summed E-state index contributed by atoms with van der Waals surface area (Å²) in [6.07, 6.45) is 5.90. The second-order valence-electron chi connectivity index (χ2n) is 10.3. The van der Waals surface area contributed by atoms with Crippen molar-refractivity contribution in [2.24, 2.45) is 16.3 Å². The van der Waals surface area contributed by atoms with Crippen LogP contribution in [-0.4, -0.2) is 35.8 Å². The molecule has 0 saturated heterocycles. The molecule has 0 bridgehead atoms. The molecule has 0 radical (unpaired) electrons. The number of Topliss-reactive ketones (excluding diaryl/α,β-unsaturated/α-hetero) is 1. The smallest absolute Gasteiger partial charge is 0.315 e. The van der Waals surface area contributed by atoms with Crippen molar-refractivity contribution in [1.29, 1.82) is 0 Å². The highest BCUT2D eigenvalue weighted by Crippen LogP contribution is 2.50. The maximum atomic E-state index is 13.5. The Bertz CT molecular complexity index is 1040. The Kier molecular flexibility index (Phi) is 6.59. The number of aromatic hydroxyl groups is 1. The van der Waals surface area contributed by atoms with Crippen LogP contribution in [0.5, 0.6) is 11.5 Å². The number of allylic oxidation sites excluding steroid dienone is 2. The summed E-state index contributed by atoms with van der Waals surface area (Å²) < 4.78 is 11.3. The largest absolute Gasteiger partial charge is 0.503 e. The number of hydrogen-bond donors (Lipinski definition) is 1. The molecule has 4 rings (SSSR count). The molecule has 1 fully saturated rings. The molecular weight excluding hydrogens is 442 g/mol. The van der Waals surface area contributed by atoms with Gasteiger partial charge in [0, 0.05) is 29.3 Å². The molecule has 6 nitrogen and oxygen atoms in total. The zero-order valence-electron chi connectivity index (χ0n) is 19.7. The topological polar surface area (TPSA) is 85.2 Å². The third-order valence-electron chi connectivity index (χ3n) is 7.02. The van der Waals surface area contributed by atoms with Gasteiger partial charge in [-0.25, -0.2) is 0 Å². The van der Waals surface area contributed by atoms with Crippen LogP contribution in [0.2, 0.25) is 5.02 Å². The molecule has 1 N–H and O–H groups in total. The van der Waals surface area contributed by atoms with Gasteiger partial charge in [-0.05, 0) is 62.1 Å². The Morgan fingerprint density at radius 2 is 1.88 bits per heavy atom. The second-order valence-corrected chi connectivity index (χ2v) is 10.7. The first-order valence-electron chi connectivity index (χ1n) is 11.7. The fourth-order valence-corrected chi connectivity index (χ4v) is 5.68. The van der Waals surface area contributed by atoms with Crippen molar-refractivity contribution in [2.45, 2.75) is 77.7 Å². The first kappa shape index (κ1) is 23.8. The Morgan fingerprint density at radius 3 is 2.55 bits per heavy atom. The summed E-state index contributed by atoms with van der Waals surface area (Å²) in [5.41, 5.74) is 2.34. The third-order valence-corrected chi connectivity index (χ3v) is 7.31. The van der Waals surface area contributed by atoms with Gasteiger partial charge < -0.3 is 14.6 Å². The zero-order chi connectivity index (χ0) is 23.9. The molecule has 178 valence electrons. The maximum absolute atomic E-state index is 13.5. The van der Waals surface area contributed by atoms with Crippen LogP contribution in [0.25, 0.3) is 0 Å². The number of aliphatic imine (C=N–C) groups is 1. The SMILES string of the molecule is COc1cc([C@@H]2C3=C(CC(C)(C)CC3=O)N=C(C)C2C(=O)OC2CCCCC2)cc(Cl)c1O. The molecule has 1 unspecified atom stereocenters. The van der Waals surface area contributed by atoms with E-state index >= 15 is 0 Å². The van der Waals surface area contributed by atoms with E-state index in [0.717, 1.165) is 37.8 Å². The van der Waals surface area contributed by atoms with Gasteiger partial charge in [-0.2, -0.15) is 0 Å². The zero-order valence-corrected chi connectivity index (χ0v) is 20.5. The van der Waals surface area contributed by atoms with Crippen molar-refractivity contribution in [3.8, 4) is 11.5 Å². The molecule has 1 saturated carbocycles. The standard InChI is InChI=1S/C26H32ClNO5/c1-14-21(25(31)33-16-8-6-5-7-9-16)22(15-10-17(27)24(30)20(11-15)32-4)23-18(28-14)12-26(2,3)13-19(23)29/h10-11,16,21-22,30H,5-9,12-13H2,1-4H3/t21?,22-/m0/s1. The van der Waals surface area contributed by atoms with Gasteiger partial charge in [0.1, 0.15) is 12.0 Å². The molecule has 3 aliphatic rings. The van der Waals surface area contributed by atoms with E-state index in [1.807, 2.05) is 6.92 Å². The van der Waals surface area contributed by atoms with Gasteiger partial charge in [0.15, 0.2) is 17.3 Å². The van der Waals surface area contributed by atoms with Gasteiger partial charge in [-0.1, -0.05) is 31.9 Å². The Morgan fingerprint density at radius 1 is 1.18 bits per heavy atom. The number of ether oxygens (including phenoxy) is 2. The molecule has 2 atom stereocenters. The average molecular weight is 474 g/mol. The van der Waals surface area contributed by atoms with E-state index in [1.165, 1.54) is 7.11 Å². The van der Waals surface area contributed by atoms with Crippen molar-refractivity contribution in [3.05, 3.63) is 34.0 Å². The quantitative estimate of drug-likeness (QED) is 0.563. The number of phenols is 1. The molecule has 2 aliphatic carbocycles. The van der Waals surface area contributed by atoms with Gasteiger partial charge in [0.25, 0.3) is 0 Å². The summed E-state index contributed by atoms with van der Waals surface area (Å²) in [6, 6.07) is 3.27. The fraction of sp³-hybridized carbons (Fsp3) is 0.577. The summed E-state index contributed by atoms with van der Waals surface area (Å²) in [4.78, 5) is 31.7. The molecule has 1 aromatic rings. The number of benzene rings is 1. The predicted octanol–water partition coefficient (Wildman–Crippen LogP) is 5.75. The number of rotatable bonds is 4. The summed E-state index contributed by atoms with van der Waals surface area (Å²) in [5.74, 6) is -1.68. The minimum atomic E-state index is -0.735. The van der Waals surface area contributed by atoms with Crippen LogP contribution in [-0.2, 0) is 14.3 Å². The lowest BCUT2D eigenvalue weighted by molar-refractivity contribution is -0.153. The molecule has 33 heavy (non-hydrogen) atoms. The van der Waals surface area contributed by atoms with Crippen molar-refractivity contribution in [2.75, 3.05) is 7.11 Å². The van der Waals surface area contributed by atoms with Crippen LogP contribution in [0, 0.1) is 11.3 Å². The number of nitrogens with zero attached hydrogens (tertiary/aromatic N) is 1. The van der Waals surface area contributed by atoms with E-state index in [0.29, 0.717) is 29.7 Å².